The molecule has 2 amide bonds. The fourth-order valence-electron chi connectivity index (χ4n) is 4.48. The number of urea groups is 1. The molecule has 2 N–H and O–H groups in total. The van der Waals surface area contributed by atoms with Crippen LogP contribution in [0.3, 0.4) is 0 Å². The number of rotatable bonds is 8. The van der Waals surface area contributed by atoms with E-state index in [1.165, 1.54) is 0 Å². The lowest BCUT2D eigenvalue weighted by Crippen LogP contribution is -2.55. The second-order valence-electron chi connectivity index (χ2n) is 11.1. The number of amides is 2. The summed E-state index contributed by atoms with van der Waals surface area (Å²) in [5.74, 6) is -0.740. The summed E-state index contributed by atoms with van der Waals surface area (Å²) < 4.78 is 0. The highest BCUT2D eigenvalue weighted by Gasteiger charge is 2.39. The molecule has 0 saturated carbocycles. The number of aromatic carboxylic acids is 1. The van der Waals surface area contributed by atoms with Crippen molar-refractivity contribution in [1.29, 1.82) is 0 Å². The van der Waals surface area contributed by atoms with E-state index in [0.29, 0.717) is 13.0 Å². The number of nitrogens with zero attached hydrogens (tertiary/aromatic N) is 1. The predicted octanol–water partition coefficient (Wildman–Crippen LogP) is 7.04. The smallest absolute Gasteiger partial charge is 0.335 e. The molecule has 1 atom stereocenters. The molecule has 2 aromatic rings. The number of hydrogen-bond acceptors (Lipinski definition) is 2. The lowest BCUT2D eigenvalue weighted by atomic mass is 9.78. The quantitative estimate of drug-likeness (QED) is 0.411. The minimum absolute atomic E-state index is 0.160. The van der Waals surface area contributed by atoms with Gasteiger partial charge in [0.05, 0.1) is 11.1 Å². The van der Waals surface area contributed by atoms with Gasteiger partial charge in [0.15, 0.2) is 0 Å². The van der Waals surface area contributed by atoms with Crippen molar-refractivity contribution >= 4 is 23.6 Å². The van der Waals surface area contributed by atoms with Gasteiger partial charge in [-0.15, -0.1) is 0 Å². The molecule has 5 nitrogen and oxygen atoms in total. The van der Waals surface area contributed by atoms with Crippen LogP contribution in [0.4, 0.5) is 4.79 Å². The highest BCUT2D eigenvalue weighted by Crippen LogP contribution is 2.38. The Kier molecular flexibility index (Phi) is 8.00. The lowest BCUT2D eigenvalue weighted by molar-refractivity contribution is 0.0697. The average Bonchev–Trinajstić information content (AvgIpc) is 2.77. The van der Waals surface area contributed by atoms with E-state index in [0.717, 1.165) is 40.1 Å². The zero-order valence-corrected chi connectivity index (χ0v) is 22.4. The Morgan fingerprint density at radius 1 is 1.11 bits per heavy atom. The van der Waals surface area contributed by atoms with Crippen LogP contribution in [0.15, 0.2) is 54.2 Å². The molecule has 0 spiro atoms. The Hall–Kier alpha value is -2.79. The third-order valence-corrected chi connectivity index (χ3v) is 7.08. The van der Waals surface area contributed by atoms with E-state index in [1.807, 2.05) is 19.2 Å². The number of aryl methyl sites for hydroxylation is 1. The molecule has 2 aromatic carbocycles. The number of benzene rings is 2. The number of carbonyl (C=O) groups excluding carboxylic acids is 1. The molecule has 1 heterocycles. The minimum atomic E-state index is -0.946. The van der Waals surface area contributed by atoms with Gasteiger partial charge in [-0.25, -0.2) is 9.59 Å². The highest BCUT2D eigenvalue weighted by atomic mass is 35.5. The van der Waals surface area contributed by atoms with Gasteiger partial charge in [0.25, 0.3) is 0 Å². The first-order valence-electron chi connectivity index (χ1n) is 12.2. The largest absolute Gasteiger partial charge is 0.478 e. The maximum atomic E-state index is 13.1. The van der Waals surface area contributed by atoms with E-state index < -0.39 is 11.5 Å². The molecular formula is C29H37ClN2O3. The van der Waals surface area contributed by atoms with Crippen LogP contribution in [0.25, 0.3) is 0 Å². The summed E-state index contributed by atoms with van der Waals surface area (Å²) in [6.45, 7) is 13.5. The molecule has 0 aliphatic carbocycles. The SMILES string of the molecule is CC(C)C1=CN(CCc2ccc(C(=O)O)cc2)C(=O)N[C@@]1(C)c1ccc(CCC(C)(C)C)c(Cl)c1. The van der Waals surface area contributed by atoms with Gasteiger partial charge < -0.3 is 15.3 Å². The predicted molar refractivity (Wildman–Crippen MR) is 142 cm³/mol. The van der Waals surface area contributed by atoms with E-state index in [9.17, 15) is 9.59 Å². The molecule has 1 aliphatic heterocycles. The molecule has 0 saturated heterocycles. The topological polar surface area (TPSA) is 69.6 Å². The third kappa shape index (κ3) is 6.46. The molecule has 3 rings (SSSR count). The molecule has 0 unspecified atom stereocenters. The fraction of sp³-hybridized carbons (Fsp3) is 0.448. The Labute approximate surface area is 214 Å². The van der Waals surface area contributed by atoms with Crippen molar-refractivity contribution in [3.05, 3.63) is 81.5 Å². The first kappa shape index (κ1) is 26.8. The molecule has 0 fully saturated rings. The Morgan fingerprint density at radius 2 is 1.77 bits per heavy atom. The van der Waals surface area contributed by atoms with Crippen LogP contribution in [0, 0.1) is 11.3 Å². The second kappa shape index (κ2) is 10.4. The molecule has 0 bridgehead atoms. The molecule has 0 aromatic heterocycles. The van der Waals surface area contributed by atoms with Crippen LogP contribution in [-0.2, 0) is 18.4 Å². The van der Waals surface area contributed by atoms with Crippen molar-refractivity contribution in [3.8, 4) is 0 Å². The van der Waals surface area contributed by atoms with Gasteiger partial charge in [-0.3, -0.25) is 0 Å². The van der Waals surface area contributed by atoms with Crippen LogP contribution < -0.4 is 5.32 Å². The lowest BCUT2D eigenvalue weighted by Gasteiger charge is -2.42. The summed E-state index contributed by atoms with van der Waals surface area (Å²) >= 11 is 6.70. The van der Waals surface area contributed by atoms with Gasteiger partial charge in [-0.1, -0.05) is 70.5 Å². The highest BCUT2D eigenvalue weighted by molar-refractivity contribution is 6.31. The number of nitrogens with one attached hydrogen (secondary N) is 1. The monoisotopic (exact) mass is 496 g/mol. The Morgan fingerprint density at radius 3 is 2.31 bits per heavy atom. The van der Waals surface area contributed by atoms with Gasteiger partial charge in [0.1, 0.15) is 0 Å². The van der Waals surface area contributed by atoms with Crippen molar-refractivity contribution < 1.29 is 14.7 Å². The van der Waals surface area contributed by atoms with Gasteiger partial charge in [-0.05, 0) is 78.0 Å². The first-order chi connectivity index (χ1) is 16.3. The summed E-state index contributed by atoms with van der Waals surface area (Å²) in [6.07, 6.45) is 4.56. The van der Waals surface area contributed by atoms with Crippen molar-refractivity contribution in [3.63, 3.8) is 0 Å². The van der Waals surface area contributed by atoms with E-state index >= 15 is 0 Å². The molecular weight excluding hydrogens is 460 g/mol. The maximum absolute atomic E-state index is 13.1. The van der Waals surface area contributed by atoms with Crippen molar-refractivity contribution in [2.24, 2.45) is 11.3 Å². The van der Waals surface area contributed by atoms with Crippen molar-refractivity contribution in [2.45, 2.75) is 66.3 Å². The summed E-state index contributed by atoms with van der Waals surface area (Å²) in [7, 11) is 0. The number of carbonyl (C=O) groups is 2. The third-order valence-electron chi connectivity index (χ3n) is 6.73. The summed E-state index contributed by atoms with van der Waals surface area (Å²) in [5, 5.41) is 13.1. The minimum Gasteiger partial charge on any atom is -0.478 e. The number of carboxylic acid groups (broad SMARTS) is 1. The average molecular weight is 497 g/mol. The van der Waals surface area contributed by atoms with Crippen molar-refractivity contribution in [2.75, 3.05) is 6.54 Å². The number of carboxylic acids is 1. The van der Waals surface area contributed by atoms with Gasteiger partial charge in [0, 0.05) is 17.8 Å². The van der Waals surface area contributed by atoms with Gasteiger partial charge in [0.2, 0.25) is 0 Å². The molecule has 6 heteroatoms. The number of hydrogen-bond donors (Lipinski definition) is 2. The van der Waals surface area contributed by atoms with Crippen LogP contribution in [0.1, 0.15) is 75.0 Å². The zero-order valence-electron chi connectivity index (χ0n) is 21.6. The molecule has 35 heavy (non-hydrogen) atoms. The van der Waals surface area contributed by atoms with Crippen molar-refractivity contribution in [1.82, 2.24) is 10.2 Å². The summed E-state index contributed by atoms with van der Waals surface area (Å²) in [5.41, 5.74) is 4.02. The maximum Gasteiger partial charge on any atom is 0.335 e. The van der Waals surface area contributed by atoms with E-state index in [1.54, 1.807) is 29.2 Å². The van der Waals surface area contributed by atoms with Gasteiger partial charge >= 0.3 is 12.0 Å². The van der Waals surface area contributed by atoms with E-state index in [-0.39, 0.29) is 22.9 Å². The summed E-state index contributed by atoms with van der Waals surface area (Å²) in [6, 6.07) is 12.8. The van der Waals surface area contributed by atoms with E-state index in [4.69, 9.17) is 16.7 Å². The molecule has 1 aliphatic rings. The normalized spacial score (nSPS) is 18.5. The standard InChI is InChI=1S/C29H37ClN2O3/c1-19(2)24-18-32(16-14-20-7-9-22(10-8-20)26(33)34)27(35)31-29(24,6)23-12-11-21(25(30)17-23)13-15-28(3,4)5/h7-12,17-19H,13-16H2,1-6H3,(H,31,35)(H,33,34)/t29-/m0/s1. The zero-order chi connectivity index (χ0) is 26.0. The Bertz CT molecular complexity index is 1120. The molecule has 188 valence electrons. The van der Waals surface area contributed by atoms with Crippen LogP contribution in [0.5, 0.6) is 0 Å². The Balaban J connectivity index is 1.82. The fourth-order valence-corrected chi connectivity index (χ4v) is 4.75. The van der Waals surface area contributed by atoms with Crippen LogP contribution in [0.2, 0.25) is 5.02 Å². The first-order valence-corrected chi connectivity index (χ1v) is 12.6. The van der Waals surface area contributed by atoms with E-state index in [2.05, 4.69) is 52.1 Å². The summed E-state index contributed by atoms with van der Waals surface area (Å²) in [4.78, 5) is 25.9. The number of halogens is 1. The molecule has 0 radical (unpaired) electrons. The second-order valence-corrected chi connectivity index (χ2v) is 11.5. The van der Waals surface area contributed by atoms with Gasteiger partial charge in [-0.2, -0.15) is 0 Å². The van der Waals surface area contributed by atoms with Crippen LogP contribution >= 0.6 is 11.6 Å². The van der Waals surface area contributed by atoms with Crippen LogP contribution in [-0.4, -0.2) is 28.6 Å².